The van der Waals surface area contributed by atoms with Crippen LogP contribution >= 0.6 is 10.7 Å². The molecule has 0 atom stereocenters. The molecule has 1 heterocycles. The highest BCUT2D eigenvalue weighted by Crippen LogP contribution is 2.22. The van der Waals surface area contributed by atoms with Crippen molar-refractivity contribution < 1.29 is 18.3 Å². The average Bonchev–Trinajstić information content (AvgIpc) is 2.23. The molecular formula is C7H9ClN2O4S. The second-order valence-electron chi connectivity index (χ2n) is 2.99. The first-order valence-electron chi connectivity index (χ1n) is 3.94. The Balaban J connectivity index is 3.33. The van der Waals surface area contributed by atoms with E-state index in [-0.39, 0.29) is 22.8 Å². The Hall–Kier alpha value is -1.08. The van der Waals surface area contributed by atoms with Gasteiger partial charge in [0.2, 0.25) is 0 Å². The molecule has 0 fully saturated rings. The number of carboxylic acid groups (broad SMARTS) is 1. The highest BCUT2D eigenvalue weighted by atomic mass is 35.7. The lowest BCUT2D eigenvalue weighted by Crippen LogP contribution is -2.11. The lowest BCUT2D eigenvalue weighted by atomic mass is 10.4. The molecule has 0 spiro atoms. The molecule has 0 aliphatic heterocycles. The third-order valence-electron chi connectivity index (χ3n) is 1.84. The largest absolute Gasteiger partial charge is 0.480 e. The molecule has 0 saturated heterocycles. The number of halogens is 1. The number of aryl methyl sites for hydroxylation is 1. The molecule has 1 N–H and O–H groups in total. The summed E-state index contributed by atoms with van der Waals surface area (Å²) in [6, 6.07) is 0. The Morgan fingerprint density at radius 2 is 2.07 bits per heavy atom. The monoisotopic (exact) mass is 252 g/mol. The summed E-state index contributed by atoms with van der Waals surface area (Å²) in [6.45, 7) is 2.53. The van der Waals surface area contributed by atoms with Crippen molar-refractivity contribution in [3.8, 4) is 0 Å². The Kier molecular flexibility index (Phi) is 3.05. The van der Waals surface area contributed by atoms with E-state index < -0.39 is 15.0 Å². The minimum Gasteiger partial charge on any atom is -0.480 e. The van der Waals surface area contributed by atoms with Gasteiger partial charge in [0, 0.05) is 10.7 Å². The van der Waals surface area contributed by atoms with Gasteiger partial charge in [0.05, 0.1) is 11.4 Å². The van der Waals surface area contributed by atoms with Crippen LogP contribution in [0, 0.1) is 13.8 Å². The van der Waals surface area contributed by atoms with Crippen molar-refractivity contribution in [1.82, 2.24) is 9.78 Å². The number of hydrogen-bond acceptors (Lipinski definition) is 4. The van der Waals surface area contributed by atoms with Gasteiger partial charge >= 0.3 is 5.97 Å². The van der Waals surface area contributed by atoms with Crippen molar-refractivity contribution >= 4 is 25.7 Å². The Bertz CT molecular complexity index is 505. The molecule has 0 radical (unpaired) electrons. The fourth-order valence-electron chi connectivity index (χ4n) is 1.32. The summed E-state index contributed by atoms with van der Waals surface area (Å²) in [5.74, 6) is -1.10. The molecule has 8 heteroatoms. The summed E-state index contributed by atoms with van der Waals surface area (Å²) < 4.78 is 23.4. The molecule has 0 unspecified atom stereocenters. The van der Waals surface area contributed by atoms with Crippen LogP contribution in [0.5, 0.6) is 0 Å². The average molecular weight is 253 g/mol. The van der Waals surface area contributed by atoms with E-state index in [1.54, 1.807) is 0 Å². The van der Waals surface area contributed by atoms with Crippen molar-refractivity contribution in [2.45, 2.75) is 25.3 Å². The Labute approximate surface area is 90.9 Å². The maximum atomic E-state index is 11.1. The van der Waals surface area contributed by atoms with Gasteiger partial charge in [-0.05, 0) is 13.8 Å². The van der Waals surface area contributed by atoms with Crippen molar-refractivity contribution in [2.24, 2.45) is 0 Å². The van der Waals surface area contributed by atoms with Crippen LogP contribution in [-0.4, -0.2) is 29.3 Å². The van der Waals surface area contributed by atoms with Crippen LogP contribution in [0.15, 0.2) is 4.90 Å². The molecule has 15 heavy (non-hydrogen) atoms. The van der Waals surface area contributed by atoms with Gasteiger partial charge in [-0.3, -0.25) is 9.48 Å². The Morgan fingerprint density at radius 1 is 1.53 bits per heavy atom. The molecular weight excluding hydrogens is 244 g/mol. The smallest absolute Gasteiger partial charge is 0.325 e. The summed E-state index contributed by atoms with van der Waals surface area (Å²) in [5.41, 5.74) is 0.425. The predicted molar refractivity (Wildman–Crippen MR) is 52.4 cm³/mol. The van der Waals surface area contributed by atoms with Crippen LogP contribution in [0.3, 0.4) is 0 Å². The molecule has 1 rings (SSSR count). The number of carbonyl (C=O) groups is 1. The van der Waals surface area contributed by atoms with Gasteiger partial charge in [0.15, 0.2) is 0 Å². The summed E-state index contributed by atoms with van der Waals surface area (Å²) in [4.78, 5) is 10.3. The van der Waals surface area contributed by atoms with Gasteiger partial charge in [-0.25, -0.2) is 8.42 Å². The highest BCUT2D eigenvalue weighted by Gasteiger charge is 2.22. The van der Waals surface area contributed by atoms with Crippen molar-refractivity contribution in [1.29, 1.82) is 0 Å². The first kappa shape index (κ1) is 12.0. The molecule has 0 aliphatic carbocycles. The lowest BCUT2D eigenvalue weighted by Gasteiger charge is -1.99. The Morgan fingerprint density at radius 3 is 2.40 bits per heavy atom. The number of nitrogens with zero attached hydrogens (tertiary/aromatic N) is 2. The maximum Gasteiger partial charge on any atom is 0.325 e. The fourth-order valence-corrected chi connectivity index (χ4v) is 2.84. The first-order chi connectivity index (χ1) is 6.73. The molecule has 0 aliphatic rings. The van der Waals surface area contributed by atoms with Crippen LogP contribution in [0.2, 0.25) is 0 Å². The molecule has 1 aromatic heterocycles. The zero-order chi connectivity index (χ0) is 11.8. The fraction of sp³-hybridized carbons (Fsp3) is 0.429. The molecule has 6 nitrogen and oxygen atoms in total. The van der Waals surface area contributed by atoms with E-state index in [0.29, 0.717) is 0 Å². The number of carboxylic acids is 1. The summed E-state index contributed by atoms with van der Waals surface area (Å²) in [5, 5.41) is 12.3. The topological polar surface area (TPSA) is 89.3 Å². The normalized spacial score (nSPS) is 11.7. The van der Waals surface area contributed by atoms with Gasteiger partial charge in [0.1, 0.15) is 11.4 Å². The minimum atomic E-state index is -3.88. The molecule has 0 aromatic carbocycles. The summed E-state index contributed by atoms with van der Waals surface area (Å²) >= 11 is 0. The van der Waals surface area contributed by atoms with Crippen molar-refractivity contribution in [2.75, 3.05) is 0 Å². The maximum absolute atomic E-state index is 11.1. The quantitative estimate of drug-likeness (QED) is 0.792. The molecule has 0 amide bonds. The van der Waals surface area contributed by atoms with Gasteiger partial charge in [-0.1, -0.05) is 0 Å². The van der Waals surface area contributed by atoms with Crippen LogP contribution in [0.4, 0.5) is 0 Å². The standard InChI is InChI=1S/C7H9ClN2O4S/c1-4-7(15(8,13)14)5(2)10(9-4)3-6(11)12/h3H2,1-2H3,(H,11,12). The van der Waals surface area contributed by atoms with Crippen molar-refractivity contribution in [3.63, 3.8) is 0 Å². The first-order valence-corrected chi connectivity index (χ1v) is 6.25. The summed E-state index contributed by atoms with van der Waals surface area (Å²) in [7, 11) is 1.31. The lowest BCUT2D eigenvalue weighted by molar-refractivity contribution is -0.137. The van der Waals surface area contributed by atoms with Gasteiger partial charge < -0.3 is 5.11 Å². The predicted octanol–water partition coefficient (Wildman–Crippen LogP) is 0.512. The van der Waals surface area contributed by atoms with Crippen LogP contribution in [0.1, 0.15) is 11.4 Å². The summed E-state index contributed by atoms with van der Waals surface area (Å²) in [6.07, 6.45) is 0. The zero-order valence-electron chi connectivity index (χ0n) is 8.06. The molecule has 0 bridgehead atoms. The van der Waals surface area contributed by atoms with Gasteiger partial charge in [-0.15, -0.1) is 0 Å². The molecule has 84 valence electrons. The third kappa shape index (κ3) is 2.48. The molecule has 1 aromatic rings. The van der Waals surface area contributed by atoms with E-state index in [4.69, 9.17) is 15.8 Å². The van der Waals surface area contributed by atoms with Crippen molar-refractivity contribution in [3.05, 3.63) is 11.4 Å². The van der Waals surface area contributed by atoms with E-state index in [1.165, 1.54) is 13.8 Å². The van der Waals surface area contributed by atoms with Crippen LogP contribution < -0.4 is 0 Å². The number of hydrogen-bond donors (Lipinski definition) is 1. The van der Waals surface area contributed by atoms with Gasteiger partial charge in [-0.2, -0.15) is 5.10 Å². The van der Waals surface area contributed by atoms with E-state index in [0.717, 1.165) is 4.68 Å². The van der Waals surface area contributed by atoms with E-state index in [9.17, 15) is 13.2 Å². The minimum absolute atomic E-state index is 0.120. The highest BCUT2D eigenvalue weighted by molar-refractivity contribution is 8.13. The number of rotatable bonds is 3. The SMILES string of the molecule is Cc1nn(CC(=O)O)c(C)c1S(=O)(=O)Cl. The van der Waals surface area contributed by atoms with E-state index in [2.05, 4.69) is 5.10 Å². The van der Waals surface area contributed by atoms with Gasteiger partial charge in [0.25, 0.3) is 9.05 Å². The van der Waals surface area contributed by atoms with E-state index >= 15 is 0 Å². The second kappa shape index (κ2) is 3.82. The van der Waals surface area contributed by atoms with Crippen LogP contribution in [0.25, 0.3) is 0 Å². The zero-order valence-corrected chi connectivity index (χ0v) is 9.63. The second-order valence-corrected chi connectivity index (χ2v) is 5.49. The third-order valence-corrected chi connectivity index (χ3v) is 3.39. The number of aliphatic carboxylic acids is 1. The molecule has 0 saturated carbocycles. The van der Waals surface area contributed by atoms with Crippen LogP contribution in [-0.2, 0) is 20.4 Å². The number of aromatic nitrogens is 2. The van der Waals surface area contributed by atoms with E-state index in [1.807, 2.05) is 0 Å².